The van der Waals surface area contributed by atoms with Gasteiger partial charge in [0.25, 0.3) is 0 Å². The number of nitrogens with zero attached hydrogens (tertiary/aromatic N) is 2. The van der Waals surface area contributed by atoms with Gasteiger partial charge in [-0.2, -0.15) is 5.26 Å². The maximum atomic E-state index is 9.01. The Balaban J connectivity index is 2.06. The van der Waals surface area contributed by atoms with Crippen LogP contribution in [0.4, 0.5) is 0 Å². The Labute approximate surface area is 94.8 Å². The lowest BCUT2D eigenvalue weighted by atomic mass is 10.0. The fraction of sp³-hybridized carbons (Fsp3) is 0.214. The van der Waals surface area contributed by atoms with Gasteiger partial charge in [0.1, 0.15) is 0 Å². The first-order valence-electron chi connectivity index (χ1n) is 5.54. The number of hydrogen-bond acceptors (Lipinski definition) is 1. The van der Waals surface area contributed by atoms with Crippen molar-refractivity contribution >= 4 is 0 Å². The maximum Gasteiger partial charge on any atom is 0.0718 e. The molecular weight excluding hydrogens is 196 g/mol. The van der Waals surface area contributed by atoms with Gasteiger partial charge in [0.05, 0.1) is 12.0 Å². The van der Waals surface area contributed by atoms with Crippen molar-refractivity contribution in [2.45, 2.75) is 18.8 Å². The van der Waals surface area contributed by atoms with Crippen LogP contribution in [0.1, 0.15) is 23.5 Å². The normalized spacial score (nSPS) is 18.1. The van der Waals surface area contributed by atoms with Crippen molar-refractivity contribution in [3.63, 3.8) is 0 Å². The molecule has 78 valence electrons. The first-order valence-corrected chi connectivity index (χ1v) is 5.54. The Morgan fingerprint density at radius 1 is 1.25 bits per heavy atom. The molecule has 2 nitrogen and oxygen atoms in total. The molecule has 0 saturated heterocycles. The second-order valence-corrected chi connectivity index (χ2v) is 4.19. The number of benzene rings is 1. The van der Waals surface area contributed by atoms with Crippen LogP contribution in [0.25, 0.3) is 5.69 Å². The molecule has 0 bridgehead atoms. The molecule has 3 rings (SSSR count). The zero-order chi connectivity index (χ0) is 11.0. The maximum absolute atomic E-state index is 9.01. The molecule has 0 N–H and O–H groups in total. The van der Waals surface area contributed by atoms with E-state index in [4.69, 9.17) is 5.26 Å². The summed E-state index contributed by atoms with van der Waals surface area (Å²) in [7, 11) is 0. The zero-order valence-electron chi connectivity index (χ0n) is 8.93. The molecular formula is C14H12N2. The van der Waals surface area contributed by atoms with Crippen LogP contribution in [0.15, 0.2) is 42.7 Å². The fourth-order valence-electron chi connectivity index (χ4n) is 2.41. The second kappa shape index (κ2) is 3.53. The van der Waals surface area contributed by atoms with Gasteiger partial charge in [-0.15, -0.1) is 0 Å². The average Bonchev–Trinajstić information content (AvgIpc) is 2.97. The van der Waals surface area contributed by atoms with E-state index in [1.54, 1.807) is 0 Å². The number of nitriles is 1. The van der Waals surface area contributed by atoms with Gasteiger partial charge in [-0.05, 0) is 48.2 Å². The van der Waals surface area contributed by atoms with Crippen LogP contribution in [-0.2, 0) is 6.42 Å². The molecule has 1 heterocycles. The summed E-state index contributed by atoms with van der Waals surface area (Å²) in [5, 5.41) is 9.01. The number of fused-ring (bicyclic) bond motifs is 1. The molecule has 1 aromatic heterocycles. The van der Waals surface area contributed by atoms with Crippen molar-refractivity contribution in [2.24, 2.45) is 0 Å². The molecule has 0 amide bonds. The van der Waals surface area contributed by atoms with Gasteiger partial charge in [-0.3, -0.25) is 0 Å². The standard InChI is InChI=1S/C14H12N2/c15-10-12-4-3-11-9-13(5-6-14(11)12)16-7-1-2-8-16/h1-2,5-9,12H,3-4H2. The predicted molar refractivity (Wildman–Crippen MR) is 62.4 cm³/mol. The van der Waals surface area contributed by atoms with E-state index in [0.29, 0.717) is 0 Å². The lowest BCUT2D eigenvalue weighted by molar-refractivity contribution is 0.826. The summed E-state index contributed by atoms with van der Waals surface area (Å²) >= 11 is 0. The van der Waals surface area contributed by atoms with Crippen LogP contribution in [0.5, 0.6) is 0 Å². The largest absolute Gasteiger partial charge is 0.324 e. The minimum Gasteiger partial charge on any atom is -0.324 e. The van der Waals surface area contributed by atoms with Crippen molar-refractivity contribution in [1.82, 2.24) is 4.57 Å². The monoisotopic (exact) mass is 208 g/mol. The third-order valence-electron chi connectivity index (χ3n) is 3.26. The van der Waals surface area contributed by atoms with Crippen LogP contribution in [0.2, 0.25) is 0 Å². The zero-order valence-corrected chi connectivity index (χ0v) is 8.93. The minimum atomic E-state index is 0.105. The highest BCUT2D eigenvalue weighted by atomic mass is 14.9. The summed E-state index contributed by atoms with van der Waals surface area (Å²) in [6.45, 7) is 0. The highest BCUT2D eigenvalue weighted by molar-refractivity contribution is 5.46. The molecule has 0 saturated carbocycles. The Morgan fingerprint density at radius 2 is 2.06 bits per heavy atom. The molecule has 16 heavy (non-hydrogen) atoms. The molecule has 0 radical (unpaired) electrons. The third-order valence-corrected chi connectivity index (χ3v) is 3.26. The third kappa shape index (κ3) is 1.33. The molecule has 1 aliphatic rings. The van der Waals surface area contributed by atoms with Crippen molar-refractivity contribution in [1.29, 1.82) is 5.26 Å². The molecule has 1 unspecified atom stereocenters. The van der Waals surface area contributed by atoms with E-state index in [9.17, 15) is 0 Å². The van der Waals surface area contributed by atoms with E-state index in [2.05, 4.69) is 28.8 Å². The van der Waals surface area contributed by atoms with Crippen LogP contribution in [0.3, 0.4) is 0 Å². The van der Waals surface area contributed by atoms with Crippen LogP contribution in [0, 0.1) is 11.3 Å². The summed E-state index contributed by atoms with van der Waals surface area (Å²) in [4.78, 5) is 0. The van der Waals surface area contributed by atoms with Crippen LogP contribution in [-0.4, -0.2) is 4.57 Å². The summed E-state index contributed by atoms with van der Waals surface area (Å²) in [6.07, 6.45) is 6.08. The van der Waals surface area contributed by atoms with Gasteiger partial charge in [0, 0.05) is 18.1 Å². The first kappa shape index (κ1) is 9.23. The molecule has 2 aromatic rings. The van der Waals surface area contributed by atoms with Gasteiger partial charge < -0.3 is 4.57 Å². The topological polar surface area (TPSA) is 28.7 Å². The lowest BCUT2D eigenvalue weighted by Gasteiger charge is -2.07. The Hall–Kier alpha value is -2.01. The molecule has 0 aliphatic heterocycles. The van der Waals surface area contributed by atoms with Gasteiger partial charge >= 0.3 is 0 Å². The number of aromatic nitrogens is 1. The Bertz CT molecular complexity index is 547. The van der Waals surface area contributed by atoms with Gasteiger partial charge in [-0.25, -0.2) is 0 Å². The van der Waals surface area contributed by atoms with E-state index in [1.807, 2.05) is 24.5 Å². The summed E-state index contributed by atoms with van der Waals surface area (Å²) in [5.41, 5.74) is 3.73. The van der Waals surface area contributed by atoms with Crippen molar-refractivity contribution < 1.29 is 0 Å². The van der Waals surface area contributed by atoms with Crippen molar-refractivity contribution in [2.75, 3.05) is 0 Å². The SMILES string of the molecule is N#CC1CCc2cc(-n3cccc3)ccc21. The van der Waals surface area contributed by atoms with Gasteiger partial charge in [0.2, 0.25) is 0 Å². The molecule has 1 atom stereocenters. The Kier molecular flexibility index (Phi) is 2.04. The smallest absolute Gasteiger partial charge is 0.0718 e. The summed E-state index contributed by atoms with van der Waals surface area (Å²) in [6, 6.07) is 12.8. The minimum absolute atomic E-state index is 0.105. The first-order chi connectivity index (χ1) is 7.88. The van der Waals surface area contributed by atoms with Crippen LogP contribution >= 0.6 is 0 Å². The lowest BCUT2D eigenvalue weighted by Crippen LogP contribution is -1.93. The van der Waals surface area contributed by atoms with Crippen molar-refractivity contribution in [3.05, 3.63) is 53.9 Å². The van der Waals surface area contributed by atoms with E-state index in [0.717, 1.165) is 12.8 Å². The molecule has 2 heteroatoms. The molecule has 1 aromatic carbocycles. The predicted octanol–water partition coefficient (Wildman–Crippen LogP) is 3.03. The molecule has 1 aliphatic carbocycles. The van der Waals surface area contributed by atoms with Crippen molar-refractivity contribution in [3.8, 4) is 11.8 Å². The van der Waals surface area contributed by atoms with Gasteiger partial charge in [-0.1, -0.05) is 6.07 Å². The fourth-order valence-corrected chi connectivity index (χ4v) is 2.41. The Morgan fingerprint density at radius 3 is 2.81 bits per heavy atom. The van der Waals surface area contributed by atoms with E-state index < -0.39 is 0 Å². The highest BCUT2D eigenvalue weighted by Crippen LogP contribution is 2.33. The van der Waals surface area contributed by atoms with E-state index in [1.165, 1.54) is 16.8 Å². The number of aryl methyl sites for hydroxylation is 1. The molecule has 0 spiro atoms. The van der Waals surface area contributed by atoms with E-state index >= 15 is 0 Å². The summed E-state index contributed by atoms with van der Waals surface area (Å²) in [5.74, 6) is 0.105. The number of rotatable bonds is 1. The summed E-state index contributed by atoms with van der Waals surface area (Å²) < 4.78 is 2.10. The van der Waals surface area contributed by atoms with Gasteiger partial charge in [0.15, 0.2) is 0 Å². The number of hydrogen-bond donors (Lipinski definition) is 0. The molecule has 0 fully saturated rings. The highest BCUT2D eigenvalue weighted by Gasteiger charge is 2.22. The van der Waals surface area contributed by atoms with E-state index in [-0.39, 0.29) is 5.92 Å². The van der Waals surface area contributed by atoms with Crippen LogP contribution < -0.4 is 0 Å². The average molecular weight is 208 g/mol. The quantitative estimate of drug-likeness (QED) is 0.708. The second-order valence-electron chi connectivity index (χ2n) is 4.19.